The lowest BCUT2D eigenvalue weighted by molar-refractivity contribution is 0.102. The largest absolute Gasteiger partial charge is 0.494 e. The van der Waals surface area contributed by atoms with Crippen molar-refractivity contribution in [3.05, 3.63) is 65.7 Å². The number of benzene rings is 2. The monoisotopic (exact) mass is 326 g/mol. The third kappa shape index (κ3) is 3.01. The quantitative estimate of drug-likeness (QED) is 0.512. The van der Waals surface area contributed by atoms with Crippen LogP contribution in [0.4, 0.5) is 4.39 Å². The lowest BCUT2D eigenvalue weighted by Gasteiger charge is -2.01. The summed E-state index contributed by atoms with van der Waals surface area (Å²) in [5, 5.41) is 0.779. The molecule has 0 bridgehead atoms. The van der Waals surface area contributed by atoms with Gasteiger partial charge in [-0.1, -0.05) is 24.3 Å². The molecule has 1 aromatic heterocycles. The summed E-state index contributed by atoms with van der Waals surface area (Å²) in [7, 11) is 2.93. The Labute approximate surface area is 138 Å². The highest BCUT2D eigenvalue weighted by Gasteiger charge is 2.12. The van der Waals surface area contributed by atoms with Gasteiger partial charge < -0.3 is 13.9 Å². The molecule has 0 spiro atoms. The fraction of sp³-hybridized carbons (Fsp3) is 0.105. The van der Waals surface area contributed by atoms with E-state index in [4.69, 9.17) is 13.9 Å². The van der Waals surface area contributed by atoms with Crippen LogP contribution < -0.4 is 9.47 Å². The second kappa shape index (κ2) is 6.58. The van der Waals surface area contributed by atoms with E-state index >= 15 is 0 Å². The number of methoxy groups -OCH3 is 2. The first-order chi connectivity index (χ1) is 11.6. The molecule has 24 heavy (non-hydrogen) atoms. The first-order valence-corrected chi connectivity index (χ1v) is 7.25. The van der Waals surface area contributed by atoms with Crippen molar-refractivity contribution in [3.63, 3.8) is 0 Å². The molecule has 3 aromatic rings. The summed E-state index contributed by atoms with van der Waals surface area (Å²) >= 11 is 0. The van der Waals surface area contributed by atoms with Crippen LogP contribution in [-0.4, -0.2) is 20.0 Å². The van der Waals surface area contributed by atoms with E-state index in [1.807, 2.05) is 12.1 Å². The highest BCUT2D eigenvalue weighted by molar-refractivity contribution is 6.07. The van der Waals surface area contributed by atoms with Crippen LogP contribution in [0.15, 0.2) is 53.0 Å². The van der Waals surface area contributed by atoms with Crippen LogP contribution >= 0.6 is 0 Å². The number of allylic oxidation sites excluding steroid dienone is 1. The number of ether oxygens (including phenoxy) is 2. The molecule has 0 N–H and O–H groups in total. The topological polar surface area (TPSA) is 48.7 Å². The summed E-state index contributed by atoms with van der Waals surface area (Å²) in [5.74, 6) is 0.111. The highest BCUT2D eigenvalue weighted by atomic mass is 19.1. The van der Waals surface area contributed by atoms with Gasteiger partial charge in [0.1, 0.15) is 0 Å². The van der Waals surface area contributed by atoms with Gasteiger partial charge in [-0.15, -0.1) is 0 Å². The predicted molar refractivity (Wildman–Crippen MR) is 89.1 cm³/mol. The summed E-state index contributed by atoms with van der Waals surface area (Å²) in [6.07, 6.45) is 2.86. The number of para-hydroxylation sites is 1. The molecule has 1 heterocycles. The van der Waals surface area contributed by atoms with Crippen molar-refractivity contribution >= 4 is 22.8 Å². The number of hydrogen-bond donors (Lipinski definition) is 0. The summed E-state index contributed by atoms with van der Waals surface area (Å²) < 4.78 is 29.3. The zero-order chi connectivity index (χ0) is 17.1. The highest BCUT2D eigenvalue weighted by Crippen LogP contribution is 2.28. The Bertz CT molecular complexity index is 924. The van der Waals surface area contributed by atoms with E-state index in [1.54, 1.807) is 18.2 Å². The van der Waals surface area contributed by atoms with Crippen LogP contribution in [0.25, 0.3) is 17.0 Å². The Kier molecular flexibility index (Phi) is 4.33. The molecule has 5 heteroatoms. The molecule has 0 aliphatic carbocycles. The SMILES string of the molecule is COc1ccc(/C=C/C(=O)c2cc3cccc(OC)c3o2)cc1F. The first-order valence-electron chi connectivity index (χ1n) is 7.25. The van der Waals surface area contributed by atoms with E-state index in [9.17, 15) is 9.18 Å². The first kappa shape index (κ1) is 15.8. The lowest BCUT2D eigenvalue weighted by Crippen LogP contribution is -1.91. The van der Waals surface area contributed by atoms with Crippen molar-refractivity contribution < 1.29 is 23.1 Å². The van der Waals surface area contributed by atoms with E-state index < -0.39 is 5.82 Å². The maximum Gasteiger partial charge on any atom is 0.221 e. The van der Waals surface area contributed by atoms with Gasteiger partial charge in [-0.25, -0.2) is 4.39 Å². The third-order valence-corrected chi connectivity index (χ3v) is 3.57. The predicted octanol–water partition coefficient (Wildman–Crippen LogP) is 4.49. The summed E-state index contributed by atoms with van der Waals surface area (Å²) in [6.45, 7) is 0. The Morgan fingerprint density at radius 3 is 2.58 bits per heavy atom. The summed E-state index contributed by atoms with van der Waals surface area (Å²) in [4.78, 5) is 12.3. The van der Waals surface area contributed by atoms with E-state index in [0.29, 0.717) is 16.9 Å². The second-order valence-corrected chi connectivity index (χ2v) is 5.08. The number of carbonyl (C=O) groups excluding carboxylic acids is 1. The standard InChI is InChI=1S/C19H15FO4/c1-22-16-9-7-12(10-14(16)20)6-8-15(21)18-11-13-4-3-5-17(23-2)19(13)24-18/h3-11H,1-2H3/b8-6+. The van der Waals surface area contributed by atoms with Gasteiger partial charge in [0, 0.05) is 5.39 Å². The second-order valence-electron chi connectivity index (χ2n) is 5.08. The fourth-order valence-electron chi connectivity index (χ4n) is 2.36. The van der Waals surface area contributed by atoms with Crippen LogP contribution in [0.3, 0.4) is 0 Å². The van der Waals surface area contributed by atoms with Gasteiger partial charge in [-0.2, -0.15) is 0 Å². The molecule has 0 fully saturated rings. The maximum absolute atomic E-state index is 13.6. The third-order valence-electron chi connectivity index (χ3n) is 3.57. The summed E-state index contributed by atoms with van der Waals surface area (Å²) in [5.41, 5.74) is 1.07. The van der Waals surface area contributed by atoms with Crippen molar-refractivity contribution in [3.8, 4) is 11.5 Å². The lowest BCUT2D eigenvalue weighted by atomic mass is 10.1. The smallest absolute Gasteiger partial charge is 0.221 e. The van der Waals surface area contributed by atoms with Gasteiger partial charge in [0.25, 0.3) is 0 Å². The van der Waals surface area contributed by atoms with Crippen LogP contribution in [0.1, 0.15) is 16.1 Å². The van der Waals surface area contributed by atoms with Crippen LogP contribution in [0.2, 0.25) is 0 Å². The number of halogens is 1. The number of furan rings is 1. The summed E-state index contributed by atoms with van der Waals surface area (Å²) in [6, 6.07) is 11.5. The van der Waals surface area contributed by atoms with Crippen LogP contribution in [-0.2, 0) is 0 Å². The van der Waals surface area contributed by atoms with E-state index in [2.05, 4.69) is 0 Å². The molecule has 4 nitrogen and oxygen atoms in total. The molecular formula is C19H15FO4. The minimum absolute atomic E-state index is 0.155. The Balaban J connectivity index is 1.85. The van der Waals surface area contributed by atoms with Crippen molar-refractivity contribution in [2.75, 3.05) is 14.2 Å². The van der Waals surface area contributed by atoms with E-state index in [1.165, 1.54) is 38.5 Å². The zero-order valence-electron chi connectivity index (χ0n) is 13.2. The van der Waals surface area contributed by atoms with Gasteiger partial charge in [-0.05, 0) is 35.9 Å². The number of fused-ring (bicyclic) bond motifs is 1. The van der Waals surface area contributed by atoms with Gasteiger partial charge in [-0.3, -0.25) is 4.79 Å². The molecule has 0 saturated carbocycles. The van der Waals surface area contributed by atoms with E-state index in [-0.39, 0.29) is 17.3 Å². The van der Waals surface area contributed by atoms with Gasteiger partial charge in [0.05, 0.1) is 14.2 Å². The minimum atomic E-state index is -0.486. The van der Waals surface area contributed by atoms with Gasteiger partial charge in [0.15, 0.2) is 28.7 Å². The van der Waals surface area contributed by atoms with Gasteiger partial charge >= 0.3 is 0 Å². The van der Waals surface area contributed by atoms with Crippen molar-refractivity contribution in [1.29, 1.82) is 0 Å². The minimum Gasteiger partial charge on any atom is -0.494 e. The van der Waals surface area contributed by atoms with E-state index in [0.717, 1.165) is 5.39 Å². The molecule has 2 aromatic carbocycles. The number of ketones is 1. The zero-order valence-corrected chi connectivity index (χ0v) is 13.2. The van der Waals surface area contributed by atoms with Crippen molar-refractivity contribution in [2.45, 2.75) is 0 Å². The van der Waals surface area contributed by atoms with Gasteiger partial charge in [0.2, 0.25) is 5.78 Å². The van der Waals surface area contributed by atoms with Crippen LogP contribution in [0, 0.1) is 5.82 Å². The molecule has 0 aliphatic heterocycles. The maximum atomic E-state index is 13.6. The van der Waals surface area contributed by atoms with Crippen molar-refractivity contribution in [2.24, 2.45) is 0 Å². The molecule has 3 rings (SSSR count). The fourth-order valence-corrected chi connectivity index (χ4v) is 2.36. The average molecular weight is 326 g/mol. The molecule has 0 unspecified atom stereocenters. The van der Waals surface area contributed by atoms with Crippen LogP contribution in [0.5, 0.6) is 11.5 Å². The Morgan fingerprint density at radius 1 is 1.08 bits per heavy atom. The normalized spacial score (nSPS) is 11.1. The number of hydrogen-bond acceptors (Lipinski definition) is 4. The molecular weight excluding hydrogens is 311 g/mol. The number of rotatable bonds is 5. The van der Waals surface area contributed by atoms with Crippen molar-refractivity contribution in [1.82, 2.24) is 0 Å². The molecule has 122 valence electrons. The Morgan fingerprint density at radius 2 is 1.88 bits per heavy atom. The molecule has 0 atom stereocenters. The molecule has 0 radical (unpaired) electrons. The Hall–Kier alpha value is -3.08. The number of carbonyl (C=O) groups is 1. The molecule has 0 aliphatic rings. The molecule has 0 saturated heterocycles. The molecule has 0 amide bonds. The average Bonchev–Trinajstić information content (AvgIpc) is 3.04.